The van der Waals surface area contributed by atoms with E-state index in [0.717, 1.165) is 10.9 Å². The smallest absolute Gasteiger partial charge is 0.354 e. The fraction of sp³-hybridized carbons (Fsp3) is 0.250. The monoisotopic (exact) mass is 512 g/mol. The summed E-state index contributed by atoms with van der Waals surface area (Å²) in [4.78, 5) is 21.7. The maximum atomic E-state index is 12.7. The summed E-state index contributed by atoms with van der Waals surface area (Å²) in [5.74, 6) is -0.184. The summed E-state index contributed by atoms with van der Waals surface area (Å²) in [6, 6.07) is 11.5. The van der Waals surface area contributed by atoms with Gasteiger partial charge < -0.3 is 24.3 Å². The van der Waals surface area contributed by atoms with Gasteiger partial charge in [0.2, 0.25) is 0 Å². The molecule has 0 spiro atoms. The first kappa shape index (κ1) is 24.2. The first-order valence-electron chi connectivity index (χ1n) is 11.1. The summed E-state index contributed by atoms with van der Waals surface area (Å²) in [6.45, 7) is 1.98. The number of benzene rings is 2. The fourth-order valence-electron chi connectivity index (χ4n) is 4.17. The molecular formula is C24H24N4O7S. The average Bonchev–Trinajstić information content (AvgIpc) is 3.23. The predicted molar refractivity (Wildman–Crippen MR) is 131 cm³/mol. The molecule has 0 unspecified atom stereocenters. The number of morpholine rings is 1. The number of rotatable bonds is 8. The van der Waals surface area contributed by atoms with Crippen molar-refractivity contribution in [1.29, 1.82) is 0 Å². The van der Waals surface area contributed by atoms with Crippen molar-refractivity contribution in [3.8, 4) is 11.5 Å². The van der Waals surface area contributed by atoms with Crippen molar-refractivity contribution >= 4 is 37.8 Å². The molecule has 188 valence electrons. The molecule has 5 rings (SSSR count). The van der Waals surface area contributed by atoms with Gasteiger partial charge >= 0.3 is 5.97 Å². The highest BCUT2D eigenvalue weighted by molar-refractivity contribution is 7.89. The lowest BCUT2D eigenvalue weighted by molar-refractivity contribution is 0.0272. The Labute approximate surface area is 206 Å². The number of nitrogens with one attached hydrogen (secondary N) is 2. The van der Waals surface area contributed by atoms with Crippen LogP contribution < -0.4 is 9.57 Å². The van der Waals surface area contributed by atoms with Gasteiger partial charge in [0.05, 0.1) is 36.4 Å². The van der Waals surface area contributed by atoms with E-state index in [1.807, 2.05) is 6.07 Å². The minimum absolute atomic E-state index is 0.0703. The van der Waals surface area contributed by atoms with Gasteiger partial charge in [-0.2, -0.15) is 0 Å². The van der Waals surface area contributed by atoms with Gasteiger partial charge in [0.1, 0.15) is 11.5 Å². The Morgan fingerprint density at radius 1 is 1.14 bits per heavy atom. The molecule has 0 saturated carbocycles. The van der Waals surface area contributed by atoms with Crippen LogP contribution in [-0.2, 0) is 26.1 Å². The van der Waals surface area contributed by atoms with E-state index in [1.54, 1.807) is 29.3 Å². The molecule has 12 heteroatoms. The zero-order valence-corrected chi connectivity index (χ0v) is 20.2. The number of nitrogens with zero attached hydrogens (tertiary/aromatic N) is 2. The van der Waals surface area contributed by atoms with Gasteiger partial charge in [-0.3, -0.25) is 0 Å². The van der Waals surface area contributed by atoms with Gasteiger partial charge in [-0.05, 0) is 42.5 Å². The highest BCUT2D eigenvalue weighted by atomic mass is 32.2. The third kappa shape index (κ3) is 4.76. The number of aromatic amines is 1. The van der Waals surface area contributed by atoms with Gasteiger partial charge in [0, 0.05) is 42.1 Å². The number of H-pyrrole nitrogens is 1. The number of fused-ring (bicyclic) bond motifs is 3. The molecular weight excluding hydrogens is 488 g/mol. The molecule has 11 nitrogen and oxygen atoms in total. The van der Waals surface area contributed by atoms with Crippen molar-refractivity contribution < 1.29 is 32.5 Å². The van der Waals surface area contributed by atoms with E-state index in [1.165, 1.54) is 25.4 Å². The number of ether oxygens (including phenoxy) is 3. The van der Waals surface area contributed by atoms with Crippen molar-refractivity contribution in [1.82, 2.24) is 19.8 Å². The Bertz CT molecular complexity index is 1530. The first-order valence-corrected chi connectivity index (χ1v) is 12.6. The summed E-state index contributed by atoms with van der Waals surface area (Å²) in [5.41, 5.74) is 1.86. The van der Waals surface area contributed by atoms with Gasteiger partial charge in [-0.1, -0.05) is 0 Å². The Morgan fingerprint density at radius 2 is 1.86 bits per heavy atom. The summed E-state index contributed by atoms with van der Waals surface area (Å²) in [6.07, 6.45) is 1.49. The molecule has 4 aromatic rings. The minimum atomic E-state index is -3.72. The van der Waals surface area contributed by atoms with E-state index in [9.17, 15) is 18.3 Å². The lowest BCUT2D eigenvalue weighted by Gasteiger charge is -2.26. The van der Waals surface area contributed by atoms with Crippen molar-refractivity contribution in [3.05, 3.63) is 59.9 Å². The molecule has 1 saturated heterocycles. The molecule has 0 amide bonds. The quantitative estimate of drug-likeness (QED) is 0.325. The number of hydrazine groups is 1. The Hall–Kier alpha value is -3.55. The van der Waals surface area contributed by atoms with Gasteiger partial charge in [0.15, 0.2) is 5.69 Å². The van der Waals surface area contributed by atoms with Crippen LogP contribution in [0, 0.1) is 0 Å². The van der Waals surface area contributed by atoms with E-state index in [-0.39, 0.29) is 17.2 Å². The fourth-order valence-corrected chi connectivity index (χ4v) is 5.29. The highest BCUT2D eigenvalue weighted by Gasteiger charge is 2.21. The van der Waals surface area contributed by atoms with E-state index < -0.39 is 16.0 Å². The number of hydrogen-bond acceptors (Lipinski definition) is 8. The van der Waals surface area contributed by atoms with Gasteiger partial charge in [0.25, 0.3) is 10.0 Å². The topological polar surface area (TPSA) is 143 Å². The number of carboxylic acid groups (broad SMARTS) is 1. The lowest BCUT2D eigenvalue weighted by atomic mass is 10.1. The van der Waals surface area contributed by atoms with Crippen molar-refractivity contribution in [2.24, 2.45) is 0 Å². The lowest BCUT2D eigenvalue weighted by Crippen LogP contribution is -2.48. The number of carboxylic acids is 1. The van der Waals surface area contributed by atoms with E-state index in [2.05, 4.69) is 14.8 Å². The van der Waals surface area contributed by atoms with Crippen molar-refractivity contribution in [2.45, 2.75) is 11.5 Å². The van der Waals surface area contributed by atoms with Crippen LogP contribution in [0.5, 0.6) is 11.5 Å². The maximum Gasteiger partial charge on any atom is 0.354 e. The molecule has 0 aliphatic carbocycles. The van der Waals surface area contributed by atoms with E-state index >= 15 is 0 Å². The zero-order valence-electron chi connectivity index (χ0n) is 19.4. The standard InChI is InChI=1S/C24H24N4O7S/c1-33-14-19-22-18-12-16(4-7-20(18)26-21(22)13-25-23(19)24(29)30)35-15-2-5-17(6-3-15)36(31,32)27-28-8-10-34-11-9-28/h2-7,12-13,26-27H,8-11,14H2,1H3,(H,29,30). The first-order chi connectivity index (χ1) is 17.4. The van der Waals surface area contributed by atoms with Crippen LogP contribution in [0.4, 0.5) is 0 Å². The molecule has 2 aromatic carbocycles. The Kier molecular flexibility index (Phi) is 6.60. The van der Waals surface area contributed by atoms with Crippen LogP contribution >= 0.6 is 0 Å². The maximum absolute atomic E-state index is 12.7. The molecule has 2 aromatic heterocycles. The van der Waals surface area contributed by atoms with Gasteiger partial charge in [-0.25, -0.2) is 23.2 Å². The van der Waals surface area contributed by atoms with Crippen LogP contribution in [0.2, 0.25) is 0 Å². The summed E-state index contributed by atoms with van der Waals surface area (Å²) >= 11 is 0. The van der Waals surface area contributed by atoms with E-state index in [0.29, 0.717) is 54.3 Å². The van der Waals surface area contributed by atoms with Crippen LogP contribution in [0.25, 0.3) is 21.8 Å². The number of hydrogen-bond donors (Lipinski definition) is 3. The summed E-state index contributed by atoms with van der Waals surface area (Å²) in [5, 5.41) is 12.6. The molecule has 36 heavy (non-hydrogen) atoms. The zero-order chi connectivity index (χ0) is 25.3. The molecule has 0 bridgehead atoms. The van der Waals surface area contributed by atoms with Crippen molar-refractivity contribution in [3.63, 3.8) is 0 Å². The van der Waals surface area contributed by atoms with Crippen LogP contribution in [-0.4, -0.2) is 67.9 Å². The second-order valence-electron chi connectivity index (χ2n) is 8.21. The number of sulfonamides is 1. The number of aromatic carboxylic acids is 1. The Balaban J connectivity index is 1.42. The number of methoxy groups -OCH3 is 1. The normalized spacial score (nSPS) is 14.9. The second-order valence-corrected chi connectivity index (χ2v) is 9.87. The Morgan fingerprint density at radius 3 is 2.56 bits per heavy atom. The summed E-state index contributed by atoms with van der Waals surface area (Å²) < 4.78 is 41.8. The third-order valence-corrected chi connectivity index (χ3v) is 7.22. The number of aromatic nitrogens is 2. The summed E-state index contributed by atoms with van der Waals surface area (Å²) in [7, 11) is -2.23. The number of pyridine rings is 1. The molecule has 3 N–H and O–H groups in total. The molecule has 1 aliphatic heterocycles. The molecule has 0 atom stereocenters. The highest BCUT2D eigenvalue weighted by Crippen LogP contribution is 2.34. The molecule has 0 radical (unpaired) electrons. The third-order valence-electron chi connectivity index (χ3n) is 5.83. The number of carbonyl (C=O) groups is 1. The SMILES string of the molecule is COCc1c(C(=O)O)ncc2[nH]c3ccc(Oc4ccc(S(=O)(=O)NN5CCOCC5)cc4)cc3c12. The van der Waals surface area contributed by atoms with Crippen LogP contribution in [0.1, 0.15) is 16.1 Å². The second kappa shape index (κ2) is 9.84. The van der Waals surface area contributed by atoms with Crippen LogP contribution in [0.3, 0.4) is 0 Å². The van der Waals surface area contributed by atoms with Gasteiger partial charge in [-0.15, -0.1) is 4.83 Å². The van der Waals surface area contributed by atoms with Crippen LogP contribution in [0.15, 0.2) is 53.6 Å². The van der Waals surface area contributed by atoms with Crippen molar-refractivity contribution in [2.75, 3.05) is 33.4 Å². The average molecular weight is 513 g/mol. The largest absolute Gasteiger partial charge is 0.477 e. The molecule has 1 fully saturated rings. The predicted octanol–water partition coefficient (Wildman–Crippen LogP) is 2.88. The molecule has 1 aliphatic rings. The van der Waals surface area contributed by atoms with E-state index in [4.69, 9.17) is 14.2 Å². The molecule has 3 heterocycles. The minimum Gasteiger partial charge on any atom is -0.477 e.